The fraction of sp³-hybridized carbons (Fsp3) is 0.592. The quantitative estimate of drug-likeness (QED) is 0.0212. The number of benzene rings is 5. The molecule has 20 bridgehead atoms. The van der Waals surface area contributed by atoms with E-state index in [1.54, 1.807) is 74.4 Å². The summed E-state index contributed by atoms with van der Waals surface area (Å²) in [5.74, 6) is 7.54. The molecular weight excluding hydrogens is 1870 g/mol. The van der Waals surface area contributed by atoms with Gasteiger partial charge in [-0.1, -0.05) is 97.2 Å². The largest absolute Gasteiger partial charge is 0.411 e. The predicted molar refractivity (Wildman–Crippen MR) is 544 cm³/mol. The number of rotatable bonds is 20. The minimum atomic E-state index is -0.524. The lowest BCUT2D eigenvalue weighted by Crippen LogP contribution is -2.58. The first-order valence-corrected chi connectivity index (χ1v) is 56.2. The molecule has 6 aliphatic heterocycles. The van der Waals surface area contributed by atoms with E-state index in [0.717, 1.165) is 216 Å². The Kier molecular flexibility index (Phi) is 23.2. The zero-order chi connectivity index (χ0) is 100. The van der Waals surface area contributed by atoms with Crippen molar-refractivity contribution in [2.75, 3.05) is 13.2 Å². The maximum Gasteiger partial charge on any atom is 0.139 e. The van der Waals surface area contributed by atoms with Crippen molar-refractivity contribution < 1.29 is 67.7 Å². The highest BCUT2D eigenvalue weighted by Crippen LogP contribution is 2.70. The second-order valence-electron chi connectivity index (χ2n) is 51.0. The Hall–Kier alpha value is -10.3. The van der Waals surface area contributed by atoms with E-state index < -0.39 is 24.4 Å². The number of carbonyl (C=O) groups is 2. The van der Waals surface area contributed by atoms with Gasteiger partial charge >= 0.3 is 0 Å². The number of carbonyl (C=O) groups excluding carboxylic acids is 2. The Morgan fingerprint density at radius 3 is 1.05 bits per heavy atom. The lowest BCUT2D eigenvalue weighted by atomic mass is 9.44. The average molecular weight is 2010 g/mol. The number of aliphatic hydroxyl groups excluding tert-OH is 6. The Morgan fingerprint density at radius 1 is 0.365 bits per heavy atom. The Morgan fingerprint density at radius 2 is 0.682 bits per heavy atom. The van der Waals surface area contributed by atoms with Gasteiger partial charge in [-0.25, -0.2) is 42.5 Å². The van der Waals surface area contributed by atoms with Crippen molar-refractivity contribution in [2.45, 2.75) is 298 Å². The zero-order valence-electron chi connectivity index (χ0n) is 84.0. The van der Waals surface area contributed by atoms with Crippen LogP contribution >= 0.6 is 0 Å². The molecule has 10 aromatic rings. The van der Waals surface area contributed by atoms with E-state index in [4.69, 9.17) is 4.74 Å². The number of aliphatic hydroxyl groups is 6. The first-order chi connectivity index (χ1) is 71.9. The van der Waals surface area contributed by atoms with Crippen LogP contribution in [0.25, 0.3) is 56.3 Å². The summed E-state index contributed by atoms with van der Waals surface area (Å²) in [6.07, 6.45) is 50.1. The predicted octanol–water partition coefficient (Wildman–Crippen LogP) is 21.4. The summed E-state index contributed by atoms with van der Waals surface area (Å²) in [4.78, 5) is 46.4. The summed E-state index contributed by atoms with van der Waals surface area (Å²) in [5.41, 5.74) is 15.4. The van der Waals surface area contributed by atoms with Gasteiger partial charge in [-0.2, -0.15) is 5.11 Å². The van der Waals surface area contributed by atoms with E-state index in [0.29, 0.717) is 150 Å². The molecule has 5 aromatic heterocycles. The number of hydrogen-bond acceptors (Lipinski definition) is 19. The fourth-order valence-corrected chi connectivity index (χ4v) is 38.3. The number of ether oxygens (including phenoxy) is 1. The minimum absolute atomic E-state index is 0.0390. The summed E-state index contributed by atoms with van der Waals surface area (Å²) < 4.78 is 76.1. The lowest BCUT2D eigenvalue weighted by molar-refractivity contribution is -0.197. The number of aromatic nitrogens is 10. The molecule has 0 radical (unpaired) electrons. The third-order valence-corrected chi connectivity index (χ3v) is 43.4. The van der Waals surface area contributed by atoms with E-state index in [-0.39, 0.29) is 123 Å². The fourth-order valence-electron chi connectivity index (χ4n) is 38.3. The monoisotopic (exact) mass is 2010 g/mol. The maximum absolute atomic E-state index is 15.0. The van der Waals surface area contributed by atoms with Crippen molar-refractivity contribution in [1.82, 2.24) is 47.8 Å². The molecule has 5 aromatic carbocycles. The number of oxime groups is 1. The molecule has 148 heavy (non-hydrogen) atoms. The first kappa shape index (κ1) is 94.8. The molecule has 21 unspecified atom stereocenters. The van der Waals surface area contributed by atoms with E-state index in [1.807, 2.05) is 45.9 Å². The van der Waals surface area contributed by atoms with Gasteiger partial charge in [0.05, 0.1) is 182 Å². The molecule has 28 heteroatoms. The molecule has 21 saturated carbocycles. The Balaban J connectivity index is 0.0000000896. The van der Waals surface area contributed by atoms with Crippen LogP contribution in [0.1, 0.15) is 283 Å². The molecule has 21 fully saturated rings. The molecule has 0 amide bonds. The summed E-state index contributed by atoms with van der Waals surface area (Å²) >= 11 is 0. The highest BCUT2D eigenvalue weighted by atomic mass is 19.1. The molecular formula is C120H136F4N14O10. The molecule has 774 valence electrons. The van der Waals surface area contributed by atoms with Crippen LogP contribution in [0.5, 0.6) is 0 Å². The van der Waals surface area contributed by atoms with Crippen molar-refractivity contribution >= 4 is 23.0 Å². The van der Waals surface area contributed by atoms with Gasteiger partial charge < -0.3 is 63.4 Å². The third kappa shape index (κ3) is 15.3. The number of nitrogens with zero attached hydrogens (tertiary/aromatic N) is 14. The van der Waals surface area contributed by atoms with Crippen LogP contribution in [-0.4, -0.2) is 162 Å². The summed E-state index contributed by atoms with van der Waals surface area (Å²) in [7, 11) is 0. The summed E-state index contributed by atoms with van der Waals surface area (Å²) in [6.45, 7) is 1.11. The number of fused-ring (bicyclic) bond motifs is 15. The van der Waals surface area contributed by atoms with Gasteiger partial charge in [0.15, 0.2) is 0 Å². The van der Waals surface area contributed by atoms with Crippen molar-refractivity contribution in [1.29, 1.82) is 0 Å². The van der Waals surface area contributed by atoms with Gasteiger partial charge in [-0.15, -0.1) is 5.10 Å². The van der Waals surface area contributed by atoms with E-state index >= 15 is 0 Å². The van der Waals surface area contributed by atoms with Gasteiger partial charge in [0.25, 0.3) is 0 Å². The molecule has 11 heterocycles. The summed E-state index contributed by atoms with van der Waals surface area (Å²) in [6, 6.07) is 28.7. The van der Waals surface area contributed by atoms with Crippen molar-refractivity contribution in [2.24, 2.45) is 148 Å². The second kappa shape index (κ2) is 36.2. The molecule has 27 aliphatic rings. The zero-order valence-corrected chi connectivity index (χ0v) is 84.0. The van der Waals surface area contributed by atoms with Gasteiger partial charge in [0.1, 0.15) is 41.4 Å². The minimum Gasteiger partial charge on any atom is -0.411 e. The molecule has 21 aliphatic carbocycles. The molecule has 21 atom stereocenters. The van der Waals surface area contributed by atoms with Crippen LogP contribution in [0, 0.1) is 151 Å². The van der Waals surface area contributed by atoms with Crippen LogP contribution in [-0.2, 0) is 14.3 Å². The number of Topliss-reactive ketones (excluding diaryl/α,β-unsaturated/α-hetero) is 2. The molecule has 0 saturated heterocycles. The molecule has 0 spiro atoms. The number of ketones is 2. The highest BCUT2D eigenvalue weighted by Gasteiger charge is 2.65. The van der Waals surface area contributed by atoms with Gasteiger partial charge in [-0.3, -0.25) is 9.59 Å². The molecule has 37 rings (SSSR count). The van der Waals surface area contributed by atoms with Crippen LogP contribution in [0.3, 0.4) is 0 Å². The van der Waals surface area contributed by atoms with Crippen LogP contribution in [0.4, 0.5) is 17.6 Å². The second-order valence-corrected chi connectivity index (χ2v) is 51.0. The van der Waals surface area contributed by atoms with E-state index in [1.165, 1.54) is 80.3 Å². The van der Waals surface area contributed by atoms with Gasteiger partial charge in [0, 0.05) is 91.5 Å². The summed E-state index contributed by atoms with van der Waals surface area (Å²) in [5, 5.41) is 93.9. The topological polar surface area (TPSA) is 324 Å². The standard InChI is InChI=1S/C30H39FN2O3.C24H26FN5O.C22H24FN3O2.C22H23FN2O2.C22H24N2O2/c31-23-8-4-7-22-25-15-32-17-33(25)24(28(22)23)11-27(35)30-12-18-9-20(13-30)29(21(10-18)14-30)36-16-26(34)19-5-2-1-3-6-19;25-17-3-1-2-16-20-11-26-12-30(20)19(23(16)17)6-21(31)24-7-13-4-14(8-24)22(15(5-13)9-24)18-10-27-29-28-18;23-16-3-1-2-15-18-10-24-11-26(18)17(20(15)16)6-19(27)22-7-12-4-13(8-22)21(25-28)14(5-12)9-22;23-16-3-1-2-15-18-10-24-11-25(18)17(20(15)16)6-19(26)22-7-12-4-13(8-22)21(27)14(5-12)9-22;25-20(22-8-13-5-14(9-22)21(26)15(6-13)10-22)7-18-16-3-1-2-4-17(16)19-11-23-12-24(18)19/h4,7-8,15,17-21,24,26-27,29,34-35H,1-3,5-6,9-14,16H2;1-3,11-15,19,21-22,31H,4-10H2;1-3,10-14,17,19,27-28H,4-9H2;1-3,10-14,17,19,26H,4-9H2;1-4,11-15,18,20,25H,5-10H2. The SMILES string of the molecule is O=C1C2CC3CC1CC(C(O)CC1c4c(F)cccc4-c4cncn41)(C3)C2.O=C1C2CC3CC1CC(C(O)CC1c4ccccc4-c4cncn41)(C3)C2.OC(CC1c2c(F)cccc2-c2cncn21)C12CC3CC(C1)C(C1=NN=NC1)C(C3)C2.OC(COC1C2CC3CC1CC(C(O)CC1c4c(F)cccc4-c4cncn41)(C3)C2)C1CCCCC1.ON=C1C2CC3CC1CC(C(O)CC1c4c(F)cccc4-c4cncn41)(C3)C2. The maximum atomic E-state index is 15.0. The lowest BCUT2D eigenvalue weighted by Gasteiger charge is -2.61. The van der Waals surface area contributed by atoms with Crippen molar-refractivity contribution in [3.05, 3.63) is 211 Å². The number of halogens is 4. The van der Waals surface area contributed by atoms with E-state index in [9.17, 15) is 63.0 Å². The number of imidazole rings is 5. The first-order valence-electron chi connectivity index (χ1n) is 56.2. The average Bonchev–Trinajstić information content (AvgIpc) is 1.43. The molecule has 7 N–H and O–H groups in total. The smallest absolute Gasteiger partial charge is 0.139 e. The number of hydrogen-bond donors (Lipinski definition) is 7. The van der Waals surface area contributed by atoms with Crippen molar-refractivity contribution in [3.8, 4) is 56.3 Å². The van der Waals surface area contributed by atoms with Crippen LogP contribution < -0.4 is 0 Å². The van der Waals surface area contributed by atoms with E-state index in [2.05, 4.69) is 83.5 Å². The van der Waals surface area contributed by atoms with Crippen LogP contribution in [0.15, 0.2) is 180 Å². The van der Waals surface area contributed by atoms with Gasteiger partial charge in [-0.05, 0) is 327 Å². The van der Waals surface area contributed by atoms with Crippen molar-refractivity contribution in [3.63, 3.8) is 0 Å². The normalized spacial score (nSPS) is 36.9. The molecule has 24 nitrogen and oxygen atoms in total. The Labute approximate surface area is 859 Å². The Bertz CT molecular complexity index is 6860. The highest BCUT2D eigenvalue weighted by molar-refractivity contribution is 5.91. The van der Waals surface area contributed by atoms with Crippen LogP contribution in [0.2, 0.25) is 0 Å². The van der Waals surface area contributed by atoms with Gasteiger partial charge in [0.2, 0.25) is 0 Å². The third-order valence-electron chi connectivity index (χ3n) is 43.4.